The molecule has 1 N–H and O–H groups in total. The van der Waals surface area contributed by atoms with Gasteiger partial charge in [-0.15, -0.1) is 11.3 Å². The number of thiophene rings is 1. The summed E-state index contributed by atoms with van der Waals surface area (Å²) in [6.07, 6.45) is 4.67. The Hall–Kier alpha value is -3.00. The molecule has 0 unspecified atom stereocenters. The third-order valence-electron chi connectivity index (χ3n) is 5.55. The van der Waals surface area contributed by atoms with Crippen LogP contribution in [0.1, 0.15) is 52.8 Å². The van der Waals surface area contributed by atoms with Crippen molar-refractivity contribution >= 4 is 39.1 Å². The van der Waals surface area contributed by atoms with Crippen LogP contribution in [0.15, 0.2) is 29.1 Å². The highest BCUT2D eigenvalue weighted by molar-refractivity contribution is 7.20. The van der Waals surface area contributed by atoms with E-state index in [1.54, 1.807) is 17.6 Å². The third-order valence-corrected chi connectivity index (χ3v) is 6.72. The highest BCUT2D eigenvalue weighted by atomic mass is 32.1. The van der Waals surface area contributed by atoms with Crippen LogP contribution in [-0.2, 0) is 28.9 Å². The molecule has 3 aromatic rings. The number of hydrogen-bond acceptors (Lipinski definition) is 6. The molecular formula is C23H25N3O4S. The van der Waals surface area contributed by atoms with Crippen LogP contribution in [0, 0.1) is 6.92 Å². The van der Waals surface area contributed by atoms with E-state index < -0.39 is 18.5 Å². The van der Waals surface area contributed by atoms with Gasteiger partial charge in [0.05, 0.1) is 5.39 Å². The molecule has 2 aromatic heterocycles. The van der Waals surface area contributed by atoms with Crippen molar-refractivity contribution in [2.24, 2.45) is 0 Å². The van der Waals surface area contributed by atoms with Crippen molar-refractivity contribution in [3.63, 3.8) is 0 Å². The van der Waals surface area contributed by atoms with E-state index in [0.717, 1.165) is 54.8 Å². The van der Waals surface area contributed by atoms with Crippen LogP contribution >= 0.6 is 11.3 Å². The molecule has 0 spiro atoms. The van der Waals surface area contributed by atoms with Gasteiger partial charge in [-0.1, -0.05) is 25.5 Å². The maximum atomic E-state index is 13.0. The lowest BCUT2D eigenvalue weighted by Crippen LogP contribution is -2.24. The second-order valence-electron chi connectivity index (χ2n) is 7.71. The number of nitrogens with zero attached hydrogens (tertiary/aromatic N) is 2. The van der Waals surface area contributed by atoms with Gasteiger partial charge >= 0.3 is 5.97 Å². The van der Waals surface area contributed by atoms with Gasteiger partial charge < -0.3 is 10.1 Å². The van der Waals surface area contributed by atoms with Crippen molar-refractivity contribution in [3.8, 4) is 0 Å². The fourth-order valence-electron chi connectivity index (χ4n) is 3.87. The number of benzene rings is 1. The Morgan fingerprint density at radius 2 is 2.10 bits per heavy atom. The van der Waals surface area contributed by atoms with Crippen LogP contribution in [0.3, 0.4) is 0 Å². The van der Waals surface area contributed by atoms with E-state index in [-0.39, 0.29) is 5.56 Å². The normalized spacial score (nSPS) is 13.5. The molecule has 0 saturated heterocycles. The first-order valence-electron chi connectivity index (χ1n) is 10.6. The molecule has 162 valence electrons. The zero-order valence-corrected chi connectivity index (χ0v) is 18.5. The van der Waals surface area contributed by atoms with Crippen LogP contribution in [0.2, 0.25) is 0 Å². The van der Waals surface area contributed by atoms with Crippen molar-refractivity contribution in [1.29, 1.82) is 0 Å². The Morgan fingerprint density at radius 1 is 1.26 bits per heavy atom. The summed E-state index contributed by atoms with van der Waals surface area (Å²) in [4.78, 5) is 43.4. The van der Waals surface area contributed by atoms with E-state index in [4.69, 9.17) is 4.74 Å². The number of carbonyl (C=O) groups excluding carboxylic acids is 2. The second kappa shape index (κ2) is 9.01. The highest BCUT2D eigenvalue weighted by Gasteiger charge is 2.23. The SMILES string of the molecule is CCc1cccc(NC(=O)COC(=O)c2sc3nc4n(c(=O)c3c2C)CCCCC4)c1. The molecule has 31 heavy (non-hydrogen) atoms. The van der Waals surface area contributed by atoms with E-state index >= 15 is 0 Å². The number of anilines is 1. The number of aryl methyl sites for hydroxylation is 3. The summed E-state index contributed by atoms with van der Waals surface area (Å²) in [6, 6.07) is 7.53. The average molecular weight is 440 g/mol. The number of rotatable bonds is 5. The van der Waals surface area contributed by atoms with Crippen LogP contribution < -0.4 is 10.9 Å². The minimum absolute atomic E-state index is 0.0942. The van der Waals surface area contributed by atoms with Gasteiger partial charge in [0.1, 0.15) is 15.5 Å². The third kappa shape index (κ3) is 4.39. The van der Waals surface area contributed by atoms with Crippen molar-refractivity contribution in [2.75, 3.05) is 11.9 Å². The first-order chi connectivity index (χ1) is 15.0. The van der Waals surface area contributed by atoms with Crippen molar-refractivity contribution in [1.82, 2.24) is 9.55 Å². The maximum absolute atomic E-state index is 13.0. The van der Waals surface area contributed by atoms with Crippen molar-refractivity contribution in [2.45, 2.75) is 52.5 Å². The van der Waals surface area contributed by atoms with Crippen LogP contribution in [-0.4, -0.2) is 28.0 Å². The lowest BCUT2D eigenvalue weighted by molar-refractivity contribution is -0.119. The van der Waals surface area contributed by atoms with E-state index in [1.165, 1.54) is 0 Å². The summed E-state index contributed by atoms with van der Waals surface area (Å²) in [7, 11) is 0. The summed E-state index contributed by atoms with van der Waals surface area (Å²) < 4.78 is 6.98. The second-order valence-corrected chi connectivity index (χ2v) is 8.71. The molecule has 0 radical (unpaired) electrons. The molecule has 1 amide bonds. The Kier molecular flexibility index (Phi) is 6.18. The zero-order valence-electron chi connectivity index (χ0n) is 17.7. The Bertz CT molecular complexity index is 1210. The average Bonchev–Trinajstić information content (AvgIpc) is 2.93. The molecule has 0 atom stereocenters. The molecule has 1 aliphatic heterocycles. The smallest absolute Gasteiger partial charge is 0.349 e. The van der Waals surface area contributed by atoms with Crippen molar-refractivity contribution < 1.29 is 14.3 Å². The molecule has 0 fully saturated rings. The van der Waals surface area contributed by atoms with Crippen molar-refractivity contribution in [3.05, 3.63) is 56.4 Å². The largest absolute Gasteiger partial charge is 0.451 e. The fraction of sp³-hybridized carbons (Fsp3) is 0.391. The summed E-state index contributed by atoms with van der Waals surface area (Å²) in [5.41, 5.74) is 2.24. The molecule has 1 aliphatic rings. The minimum atomic E-state index is -0.613. The van der Waals surface area contributed by atoms with Gasteiger partial charge in [-0.05, 0) is 49.4 Å². The topological polar surface area (TPSA) is 90.3 Å². The number of amides is 1. The first kappa shape index (κ1) is 21.2. The molecule has 8 heteroatoms. The van der Waals surface area contributed by atoms with Gasteiger partial charge in [0, 0.05) is 18.7 Å². The van der Waals surface area contributed by atoms with E-state index in [2.05, 4.69) is 10.3 Å². The Labute approximate surface area is 184 Å². The number of esters is 1. The van der Waals surface area contributed by atoms with E-state index in [0.29, 0.717) is 32.9 Å². The first-order valence-corrected chi connectivity index (χ1v) is 11.4. The fourth-order valence-corrected chi connectivity index (χ4v) is 4.95. The minimum Gasteiger partial charge on any atom is -0.451 e. The number of fused-ring (bicyclic) bond motifs is 2. The molecular weight excluding hydrogens is 414 g/mol. The summed E-state index contributed by atoms with van der Waals surface area (Å²) >= 11 is 1.16. The van der Waals surface area contributed by atoms with Crippen LogP contribution in [0.5, 0.6) is 0 Å². The number of aromatic nitrogens is 2. The molecule has 3 heterocycles. The molecule has 7 nitrogen and oxygen atoms in total. The lowest BCUT2D eigenvalue weighted by atomic mass is 10.1. The van der Waals surface area contributed by atoms with Gasteiger partial charge in [0.15, 0.2) is 6.61 Å². The lowest BCUT2D eigenvalue weighted by Gasteiger charge is -2.08. The molecule has 0 saturated carbocycles. The quantitative estimate of drug-likeness (QED) is 0.610. The standard InChI is InChI=1S/C23H25N3O4S/c1-3-15-8-7-9-16(12-15)24-18(27)13-30-23(29)20-14(2)19-21(31-20)25-17-10-5-4-6-11-26(17)22(19)28/h7-9,12H,3-6,10-11,13H2,1-2H3,(H,24,27). The summed E-state index contributed by atoms with van der Waals surface area (Å²) in [5, 5.41) is 3.21. The van der Waals surface area contributed by atoms with E-state index in [1.807, 2.05) is 25.1 Å². The predicted octanol–water partition coefficient (Wildman–Crippen LogP) is 3.85. The van der Waals surface area contributed by atoms with Gasteiger partial charge in [-0.2, -0.15) is 0 Å². The van der Waals surface area contributed by atoms with E-state index in [9.17, 15) is 14.4 Å². The number of hydrogen-bond donors (Lipinski definition) is 1. The molecule has 0 bridgehead atoms. The predicted molar refractivity (Wildman–Crippen MR) is 121 cm³/mol. The maximum Gasteiger partial charge on any atom is 0.349 e. The number of carbonyl (C=O) groups is 2. The zero-order chi connectivity index (χ0) is 22.0. The van der Waals surface area contributed by atoms with Gasteiger partial charge in [-0.3, -0.25) is 14.2 Å². The molecule has 1 aromatic carbocycles. The molecule has 4 rings (SSSR count). The van der Waals surface area contributed by atoms with Gasteiger partial charge in [0.2, 0.25) is 0 Å². The van der Waals surface area contributed by atoms with Gasteiger partial charge in [0.25, 0.3) is 11.5 Å². The number of ether oxygens (including phenoxy) is 1. The summed E-state index contributed by atoms with van der Waals surface area (Å²) in [6.45, 7) is 4.03. The van der Waals surface area contributed by atoms with Crippen LogP contribution in [0.4, 0.5) is 5.69 Å². The Morgan fingerprint density at radius 3 is 2.90 bits per heavy atom. The number of nitrogens with one attached hydrogen (secondary N) is 1. The van der Waals surface area contributed by atoms with Crippen LogP contribution in [0.25, 0.3) is 10.2 Å². The monoisotopic (exact) mass is 439 g/mol. The highest BCUT2D eigenvalue weighted by Crippen LogP contribution is 2.29. The summed E-state index contributed by atoms with van der Waals surface area (Å²) in [5.74, 6) is -0.243. The molecule has 0 aliphatic carbocycles. The van der Waals surface area contributed by atoms with Gasteiger partial charge in [-0.25, -0.2) is 9.78 Å². The Balaban J connectivity index is 1.50.